The van der Waals surface area contributed by atoms with Gasteiger partial charge in [0, 0.05) is 17.0 Å². The van der Waals surface area contributed by atoms with Crippen LogP contribution in [0.25, 0.3) is 10.9 Å². The van der Waals surface area contributed by atoms with Crippen LogP contribution in [-0.4, -0.2) is 22.1 Å². The molecule has 0 saturated heterocycles. The largest absolute Gasteiger partial charge is 0.506 e. The molecule has 0 spiro atoms. The zero-order valence-corrected chi connectivity index (χ0v) is 18.5. The average molecular weight is 437 g/mol. The molecule has 0 amide bonds. The van der Waals surface area contributed by atoms with Crippen molar-refractivity contribution in [1.82, 2.24) is 4.98 Å². The minimum atomic E-state index is 0.0129. The molecule has 0 bridgehead atoms. The van der Waals surface area contributed by atoms with E-state index in [4.69, 9.17) is 14.5 Å². The molecule has 1 aliphatic carbocycles. The molecule has 3 aromatic carbocycles. The molecule has 4 aromatic rings. The topological polar surface area (TPSA) is 63.9 Å². The standard InChI is InChI=1S/C28H24N2O3/c1-28(2)16-23-26(20-10-3-4-11-21(20)28)30-27(33-23)18-8-5-9-19(15-18)32-24-14-13-17-7-6-12-22(31)25(17)29-24/h3-15,23,26,31H,16H2,1-2H3/t23-,26-/m0/s1. The molecule has 2 heterocycles. The molecule has 164 valence electrons. The van der Waals surface area contributed by atoms with Crippen molar-refractivity contribution < 1.29 is 14.6 Å². The predicted molar refractivity (Wildman–Crippen MR) is 128 cm³/mol. The highest BCUT2D eigenvalue weighted by Crippen LogP contribution is 2.47. The SMILES string of the molecule is CC1(C)C[C@@H]2OC(c3cccc(Oc4ccc5cccc(O)c5n4)c3)=N[C@H]2c2ccccc21. The summed E-state index contributed by atoms with van der Waals surface area (Å²) in [4.78, 5) is 9.44. The number of phenolic OH excluding ortho intramolecular Hbond substituents is 1. The summed E-state index contributed by atoms with van der Waals surface area (Å²) in [6, 6.07) is 25.3. The van der Waals surface area contributed by atoms with Crippen LogP contribution in [0.1, 0.15) is 43.0 Å². The van der Waals surface area contributed by atoms with Crippen LogP contribution >= 0.6 is 0 Å². The van der Waals surface area contributed by atoms with Gasteiger partial charge < -0.3 is 14.6 Å². The molecule has 5 nitrogen and oxygen atoms in total. The number of phenols is 1. The fourth-order valence-corrected chi connectivity index (χ4v) is 4.98. The van der Waals surface area contributed by atoms with Crippen LogP contribution in [0.2, 0.25) is 0 Å². The summed E-state index contributed by atoms with van der Waals surface area (Å²) in [6.07, 6.45) is 0.946. The van der Waals surface area contributed by atoms with Crippen molar-refractivity contribution in [2.75, 3.05) is 0 Å². The van der Waals surface area contributed by atoms with Gasteiger partial charge >= 0.3 is 0 Å². The molecule has 6 rings (SSSR count). The first kappa shape index (κ1) is 19.8. The fraction of sp³-hybridized carbons (Fsp3) is 0.214. The first-order valence-electron chi connectivity index (χ1n) is 11.2. The van der Waals surface area contributed by atoms with E-state index in [-0.39, 0.29) is 23.3 Å². The summed E-state index contributed by atoms with van der Waals surface area (Å²) in [5.41, 5.74) is 4.03. The van der Waals surface area contributed by atoms with Crippen molar-refractivity contribution in [3.8, 4) is 17.4 Å². The number of ether oxygens (including phenoxy) is 2. The number of hydrogen-bond donors (Lipinski definition) is 1. The molecule has 0 saturated carbocycles. The van der Waals surface area contributed by atoms with Gasteiger partial charge in [-0.3, -0.25) is 0 Å². The number of aromatic hydroxyl groups is 1. The Kier molecular flexibility index (Phi) is 4.40. The van der Waals surface area contributed by atoms with Crippen molar-refractivity contribution in [3.05, 3.63) is 95.6 Å². The lowest BCUT2D eigenvalue weighted by Crippen LogP contribution is -2.34. The van der Waals surface area contributed by atoms with E-state index in [0.29, 0.717) is 23.0 Å². The second kappa shape index (κ2) is 7.34. The Labute approximate surface area is 192 Å². The van der Waals surface area contributed by atoms with E-state index in [1.807, 2.05) is 36.4 Å². The maximum atomic E-state index is 10.1. The highest BCUT2D eigenvalue weighted by Gasteiger charge is 2.44. The second-order valence-electron chi connectivity index (χ2n) is 9.34. The summed E-state index contributed by atoms with van der Waals surface area (Å²) < 4.78 is 12.4. The molecule has 0 fully saturated rings. The lowest BCUT2D eigenvalue weighted by Gasteiger charge is -2.37. The minimum absolute atomic E-state index is 0.0129. The van der Waals surface area contributed by atoms with Gasteiger partial charge in [-0.2, -0.15) is 0 Å². The average Bonchev–Trinajstić information content (AvgIpc) is 3.23. The number of fused-ring (bicyclic) bond motifs is 4. The van der Waals surface area contributed by atoms with Crippen molar-refractivity contribution >= 4 is 16.8 Å². The third-order valence-electron chi connectivity index (χ3n) is 6.57. The molecule has 33 heavy (non-hydrogen) atoms. The molecule has 0 radical (unpaired) electrons. The number of benzene rings is 3. The zero-order valence-electron chi connectivity index (χ0n) is 18.5. The van der Waals surface area contributed by atoms with Crippen LogP contribution in [0.4, 0.5) is 0 Å². The Bertz CT molecular complexity index is 1410. The van der Waals surface area contributed by atoms with Gasteiger partial charge in [0.05, 0.1) is 0 Å². The van der Waals surface area contributed by atoms with Crippen molar-refractivity contribution in [1.29, 1.82) is 0 Å². The Hall–Kier alpha value is -3.86. The quantitative estimate of drug-likeness (QED) is 0.409. The fourth-order valence-electron chi connectivity index (χ4n) is 4.98. The normalized spacial score (nSPS) is 20.5. The highest BCUT2D eigenvalue weighted by molar-refractivity contribution is 5.96. The van der Waals surface area contributed by atoms with Gasteiger partial charge in [-0.25, -0.2) is 9.98 Å². The molecule has 1 aliphatic heterocycles. The molecule has 0 unspecified atom stereocenters. The van der Waals surface area contributed by atoms with Gasteiger partial charge in [0.25, 0.3) is 0 Å². The number of hydrogen-bond acceptors (Lipinski definition) is 5. The lowest BCUT2D eigenvalue weighted by atomic mass is 9.70. The second-order valence-corrected chi connectivity index (χ2v) is 9.34. The van der Waals surface area contributed by atoms with Gasteiger partial charge in [-0.1, -0.05) is 56.3 Å². The first-order valence-corrected chi connectivity index (χ1v) is 11.2. The number of aliphatic imine (C=N–C) groups is 1. The molecule has 5 heteroatoms. The van der Waals surface area contributed by atoms with Crippen LogP contribution in [0.3, 0.4) is 0 Å². The minimum Gasteiger partial charge on any atom is -0.506 e. The van der Waals surface area contributed by atoms with E-state index in [0.717, 1.165) is 17.4 Å². The molecular weight excluding hydrogens is 412 g/mol. The van der Waals surface area contributed by atoms with E-state index in [2.05, 4.69) is 43.1 Å². The van der Waals surface area contributed by atoms with E-state index in [1.165, 1.54) is 11.1 Å². The summed E-state index contributed by atoms with van der Waals surface area (Å²) in [6.45, 7) is 4.54. The van der Waals surface area contributed by atoms with Crippen molar-refractivity contribution in [2.24, 2.45) is 4.99 Å². The molecule has 2 atom stereocenters. The van der Waals surface area contributed by atoms with Gasteiger partial charge in [-0.05, 0) is 53.3 Å². The third kappa shape index (κ3) is 3.41. The maximum absolute atomic E-state index is 10.1. The zero-order chi connectivity index (χ0) is 22.6. The number of pyridine rings is 1. The molecule has 2 aliphatic rings. The van der Waals surface area contributed by atoms with Crippen LogP contribution in [0, 0.1) is 0 Å². The van der Waals surface area contributed by atoms with E-state index >= 15 is 0 Å². The summed E-state index contributed by atoms with van der Waals surface area (Å²) >= 11 is 0. The van der Waals surface area contributed by atoms with Gasteiger partial charge in [-0.15, -0.1) is 0 Å². The summed E-state index contributed by atoms with van der Waals surface area (Å²) in [7, 11) is 0. The van der Waals surface area contributed by atoms with Crippen LogP contribution in [0.5, 0.6) is 17.4 Å². The van der Waals surface area contributed by atoms with Gasteiger partial charge in [0.2, 0.25) is 11.8 Å². The van der Waals surface area contributed by atoms with E-state index < -0.39 is 0 Å². The van der Waals surface area contributed by atoms with Crippen molar-refractivity contribution in [2.45, 2.75) is 37.8 Å². The highest BCUT2D eigenvalue weighted by atomic mass is 16.5. The summed E-state index contributed by atoms with van der Waals surface area (Å²) in [5, 5.41) is 11.0. The Morgan fingerprint density at radius 2 is 1.82 bits per heavy atom. The number of rotatable bonds is 3. The van der Waals surface area contributed by atoms with Crippen molar-refractivity contribution in [3.63, 3.8) is 0 Å². The monoisotopic (exact) mass is 436 g/mol. The van der Waals surface area contributed by atoms with Gasteiger partial charge in [0.1, 0.15) is 29.2 Å². The third-order valence-corrected chi connectivity index (χ3v) is 6.57. The van der Waals surface area contributed by atoms with E-state index in [1.54, 1.807) is 18.2 Å². The molecule has 1 aromatic heterocycles. The smallest absolute Gasteiger partial charge is 0.219 e. The Morgan fingerprint density at radius 3 is 2.73 bits per heavy atom. The maximum Gasteiger partial charge on any atom is 0.219 e. The Morgan fingerprint density at radius 1 is 0.970 bits per heavy atom. The molecular formula is C28H24N2O3. The number of nitrogens with zero attached hydrogens (tertiary/aromatic N) is 2. The predicted octanol–water partition coefficient (Wildman–Crippen LogP) is 6.30. The van der Waals surface area contributed by atoms with Crippen LogP contribution < -0.4 is 4.74 Å². The first-order chi connectivity index (χ1) is 16.0. The van der Waals surface area contributed by atoms with Gasteiger partial charge in [0.15, 0.2) is 0 Å². The van der Waals surface area contributed by atoms with E-state index in [9.17, 15) is 5.11 Å². The number of aromatic nitrogens is 1. The Balaban J connectivity index is 1.30. The number of para-hydroxylation sites is 1. The molecule has 1 N–H and O–H groups in total. The summed E-state index contributed by atoms with van der Waals surface area (Å²) in [5.74, 6) is 1.83. The van der Waals surface area contributed by atoms with Crippen LogP contribution in [0.15, 0.2) is 83.9 Å². The van der Waals surface area contributed by atoms with Crippen LogP contribution in [-0.2, 0) is 10.2 Å². The lowest BCUT2D eigenvalue weighted by molar-refractivity contribution is 0.141.